The molecule has 0 spiro atoms. The van der Waals surface area contributed by atoms with Gasteiger partial charge in [0.05, 0.1) is 0 Å². The molecule has 0 radical (unpaired) electrons. The lowest BCUT2D eigenvalue weighted by atomic mass is 9.92. The highest BCUT2D eigenvalue weighted by Gasteiger charge is 2.20. The van der Waals surface area contributed by atoms with Crippen LogP contribution in [-0.4, -0.2) is 9.83 Å². The maximum atomic E-state index is 13.0. The molecule has 2 nitrogen and oxygen atoms in total. The number of carbonyl (C=O) groups is 1. The Morgan fingerprint density at radius 1 is 0.929 bits per heavy atom. The van der Waals surface area contributed by atoms with E-state index in [1.54, 1.807) is 0 Å². The van der Waals surface area contributed by atoms with Crippen molar-refractivity contribution in [1.82, 2.24) is 0 Å². The molecular weight excluding hydrogens is 457 g/mol. The number of amides is 1. The predicted octanol–water partition coefficient (Wildman–Crippen LogP) is 7.56. The third-order valence-electron chi connectivity index (χ3n) is 5.60. The van der Waals surface area contributed by atoms with Gasteiger partial charge >= 0.3 is 0 Å². The normalized spacial score (nSPS) is 23.8. The van der Waals surface area contributed by atoms with E-state index < -0.39 is 0 Å². The van der Waals surface area contributed by atoms with Gasteiger partial charge in [-0.25, -0.2) is 0 Å². The number of anilines is 1. The number of nitrogens with one attached hydrogen (secondary N) is 1. The van der Waals surface area contributed by atoms with Crippen molar-refractivity contribution in [2.75, 3.05) is 5.32 Å². The van der Waals surface area contributed by atoms with Gasteiger partial charge in [-0.1, -0.05) is 91.1 Å². The van der Waals surface area contributed by atoms with Crippen LogP contribution in [0.5, 0.6) is 0 Å². The first-order valence-electron chi connectivity index (χ1n) is 10.8. The van der Waals surface area contributed by atoms with Gasteiger partial charge in [-0.15, -0.1) is 0 Å². The summed E-state index contributed by atoms with van der Waals surface area (Å²) in [6.45, 7) is 6.52. The molecule has 0 bridgehead atoms. The van der Waals surface area contributed by atoms with Crippen molar-refractivity contribution in [2.24, 2.45) is 11.8 Å². The zero-order chi connectivity index (χ0) is 20.4. The van der Waals surface area contributed by atoms with Crippen LogP contribution in [0.2, 0.25) is 0 Å². The minimum absolute atomic E-state index is 0.129. The molecule has 0 saturated heterocycles. The van der Waals surface area contributed by atoms with E-state index in [0.717, 1.165) is 46.8 Å². The number of hydrogen-bond donors (Lipinski definition) is 1. The Labute approximate surface area is 185 Å². The van der Waals surface area contributed by atoms with Crippen LogP contribution in [0.3, 0.4) is 0 Å². The zero-order valence-corrected chi connectivity index (χ0v) is 19.9. The predicted molar refractivity (Wildman–Crippen MR) is 130 cm³/mol. The van der Waals surface area contributed by atoms with Crippen LogP contribution < -0.4 is 5.32 Å². The van der Waals surface area contributed by atoms with E-state index >= 15 is 0 Å². The Hall–Kier alpha value is -1.10. The minimum atomic E-state index is 0.129. The molecule has 1 aromatic rings. The summed E-state index contributed by atoms with van der Waals surface area (Å²) in [5.74, 6) is 1.09. The summed E-state index contributed by atoms with van der Waals surface area (Å²) in [5.41, 5.74) is 3.21. The van der Waals surface area contributed by atoms with Gasteiger partial charge in [-0.05, 0) is 63.1 Å². The highest BCUT2D eigenvalue weighted by atomic mass is 127. The average molecular weight is 493 g/mol. The lowest BCUT2D eigenvalue weighted by Crippen LogP contribution is -2.23. The molecular formula is C25H36INO. The number of rotatable bonds is 2. The van der Waals surface area contributed by atoms with Crippen molar-refractivity contribution in [1.29, 1.82) is 0 Å². The summed E-state index contributed by atoms with van der Waals surface area (Å²) in [6, 6.07) is 14.4. The SMILES string of the molecule is Cc1cccc(C)cc(NC(=O)C2CCCCC(I)CC(C)CCC2)ccc1. The van der Waals surface area contributed by atoms with Gasteiger partial charge in [0, 0.05) is 15.5 Å². The molecule has 2 rings (SSSR count). The molecule has 3 atom stereocenters. The fourth-order valence-electron chi connectivity index (χ4n) is 3.92. The maximum absolute atomic E-state index is 13.0. The first-order valence-corrected chi connectivity index (χ1v) is 12.0. The Bertz CT molecular complexity index is 686. The van der Waals surface area contributed by atoms with Gasteiger partial charge in [-0.2, -0.15) is 0 Å². The first-order chi connectivity index (χ1) is 13.4. The molecule has 3 unspecified atom stereocenters. The molecule has 1 aromatic carbocycles. The maximum Gasteiger partial charge on any atom is 0.227 e. The Kier molecular flexibility index (Phi) is 10.3. The van der Waals surface area contributed by atoms with Crippen LogP contribution in [0, 0.1) is 25.7 Å². The Balaban J connectivity index is 2.10. The third-order valence-corrected chi connectivity index (χ3v) is 6.73. The van der Waals surface area contributed by atoms with Crippen LogP contribution in [0.25, 0.3) is 0 Å². The molecule has 1 N–H and O–H groups in total. The van der Waals surface area contributed by atoms with Crippen LogP contribution in [0.4, 0.5) is 5.69 Å². The van der Waals surface area contributed by atoms with E-state index in [1.807, 2.05) is 12.1 Å². The molecule has 1 aliphatic rings. The smallest absolute Gasteiger partial charge is 0.227 e. The van der Waals surface area contributed by atoms with E-state index in [0.29, 0.717) is 0 Å². The van der Waals surface area contributed by atoms with E-state index in [4.69, 9.17) is 0 Å². The summed E-state index contributed by atoms with van der Waals surface area (Å²) >= 11 is 2.62. The van der Waals surface area contributed by atoms with E-state index in [9.17, 15) is 4.79 Å². The molecule has 1 saturated carbocycles. The number of halogens is 1. The van der Waals surface area contributed by atoms with Crippen molar-refractivity contribution < 1.29 is 4.79 Å². The number of alkyl halides is 1. The van der Waals surface area contributed by atoms with Crippen molar-refractivity contribution >= 4 is 34.2 Å². The fourth-order valence-corrected chi connectivity index (χ4v) is 5.23. The Morgan fingerprint density at radius 3 is 2.36 bits per heavy atom. The second-order valence-corrected chi connectivity index (χ2v) is 10.2. The van der Waals surface area contributed by atoms with Gasteiger partial charge in [0.15, 0.2) is 0 Å². The molecule has 0 aromatic heterocycles. The zero-order valence-electron chi connectivity index (χ0n) is 17.7. The highest BCUT2D eigenvalue weighted by Crippen LogP contribution is 2.28. The van der Waals surface area contributed by atoms with Crippen molar-refractivity contribution in [3.05, 3.63) is 53.6 Å². The molecule has 0 aliphatic heterocycles. The van der Waals surface area contributed by atoms with Gasteiger partial charge in [0.1, 0.15) is 0 Å². The summed E-state index contributed by atoms with van der Waals surface area (Å²) in [6.07, 6.45) is 9.43. The van der Waals surface area contributed by atoms with Crippen LogP contribution >= 0.6 is 22.6 Å². The number of aryl methyl sites for hydroxylation is 2. The summed E-state index contributed by atoms with van der Waals surface area (Å²) in [4.78, 5) is 13.0. The van der Waals surface area contributed by atoms with E-state index in [-0.39, 0.29) is 11.8 Å². The molecule has 3 heteroatoms. The summed E-state index contributed by atoms with van der Waals surface area (Å²) < 4.78 is 0.788. The lowest BCUT2D eigenvalue weighted by molar-refractivity contribution is -0.120. The second-order valence-electron chi connectivity index (χ2n) is 8.48. The van der Waals surface area contributed by atoms with Gasteiger partial charge < -0.3 is 5.32 Å². The first kappa shape index (κ1) is 23.2. The quantitative estimate of drug-likeness (QED) is 0.334. The molecule has 0 heterocycles. The van der Waals surface area contributed by atoms with Crippen molar-refractivity contribution in [2.45, 2.75) is 76.1 Å². The molecule has 154 valence electrons. The summed E-state index contributed by atoms with van der Waals surface area (Å²) in [5, 5.41) is 3.21. The fraction of sp³-hybridized carbons (Fsp3) is 0.560. The van der Waals surface area contributed by atoms with Crippen LogP contribution in [0.1, 0.15) is 69.4 Å². The lowest BCUT2D eigenvalue weighted by Gasteiger charge is -2.17. The molecule has 1 amide bonds. The topological polar surface area (TPSA) is 29.1 Å². The van der Waals surface area contributed by atoms with Crippen LogP contribution in [0.15, 0.2) is 42.5 Å². The van der Waals surface area contributed by atoms with Crippen LogP contribution in [-0.2, 0) is 4.79 Å². The second kappa shape index (κ2) is 12.5. The standard InChI is InChI=1S/C25H36INO/c1-19-9-6-11-21(3)18-24(16-8-10-19)27-25(28)22-13-4-5-15-23(26)17-20(2)12-7-14-22/h6,8-11,16,18,20,22-23H,4-5,7,12-15,17H2,1-3H3,(H,27,28). The van der Waals surface area contributed by atoms with Gasteiger partial charge in [0.2, 0.25) is 5.91 Å². The highest BCUT2D eigenvalue weighted by molar-refractivity contribution is 14.1. The van der Waals surface area contributed by atoms with Crippen molar-refractivity contribution in [3.8, 4) is 0 Å². The third kappa shape index (κ3) is 8.93. The van der Waals surface area contributed by atoms with Gasteiger partial charge in [-0.3, -0.25) is 4.79 Å². The molecule has 1 aliphatic carbocycles. The minimum Gasteiger partial charge on any atom is -0.326 e. The largest absolute Gasteiger partial charge is 0.326 e. The van der Waals surface area contributed by atoms with Crippen molar-refractivity contribution in [3.63, 3.8) is 0 Å². The monoisotopic (exact) mass is 493 g/mol. The average Bonchev–Trinajstić information content (AvgIpc) is 2.66. The number of carbonyl (C=O) groups excluding carboxylic acids is 1. The van der Waals surface area contributed by atoms with E-state index in [1.165, 1.54) is 31.2 Å². The number of hydrogen-bond acceptors (Lipinski definition) is 1. The molecule has 1 fully saturated rings. The molecule has 28 heavy (non-hydrogen) atoms. The summed E-state index contributed by atoms with van der Waals surface area (Å²) in [7, 11) is 0. The van der Waals surface area contributed by atoms with Gasteiger partial charge in [0.25, 0.3) is 0 Å². The Morgan fingerprint density at radius 2 is 1.57 bits per heavy atom. The van der Waals surface area contributed by atoms with E-state index in [2.05, 4.69) is 79.0 Å².